The molecule has 4 heterocycles. The largest absolute Gasteiger partial charge is 0.474 e. The quantitative estimate of drug-likeness (QED) is 0.217. The second-order valence-corrected chi connectivity index (χ2v) is 15.9. The lowest BCUT2D eigenvalue weighted by Gasteiger charge is -2.33. The molecule has 2 amide bonds. The maximum absolute atomic E-state index is 16.8. The Morgan fingerprint density at radius 2 is 1.73 bits per heavy atom. The van der Waals surface area contributed by atoms with E-state index in [0.29, 0.717) is 33.4 Å². The number of halogens is 1. The molecule has 0 unspecified atom stereocenters. The lowest BCUT2D eigenvalue weighted by Crippen LogP contribution is -2.42. The molecule has 4 aromatic rings. The summed E-state index contributed by atoms with van der Waals surface area (Å²) in [4.78, 5) is 39.3. The topological polar surface area (TPSA) is 118 Å². The second-order valence-electron chi connectivity index (χ2n) is 15.9. The molecule has 2 aromatic heterocycles. The highest BCUT2D eigenvalue weighted by molar-refractivity contribution is 6.04. The number of fused-ring (bicyclic) bond motifs is 4. The summed E-state index contributed by atoms with van der Waals surface area (Å²) in [6, 6.07) is 10.0. The maximum atomic E-state index is 16.8. The Bertz CT molecular complexity index is 2070. The monoisotopic (exact) mass is 696 g/mol. The van der Waals surface area contributed by atoms with E-state index in [2.05, 4.69) is 50.7 Å². The number of aromatic nitrogens is 2. The van der Waals surface area contributed by atoms with Crippen LogP contribution in [0.25, 0.3) is 21.9 Å². The number of benzene rings is 2. The summed E-state index contributed by atoms with van der Waals surface area (Å²) < 4.78 is 33.8. The fourth-order valence-corrected chi connectivity index (χ4v) is 7.17. The Morgan fingerprint density at radius 3 is 2.43 bits per heavy atom. The van der Waals surface area contributed by atoms with Crippen LogP contribution >= 0.6 is 0 Å². The Labute approximate surface area is 297 Å². The van der Waals surface area contributed by atoms with Gasteiger partial charge >= 0.3 is 12.2 Å². The molecule has 1 saturated carbocycles. The average molecular weight is 697 g/mol. The van der Waals surface area contributed by atoms with E-state index in [4.69, 9.17) is 14.2 Å². The smallest absolute Gasteiger partial charge is 0.415 e. The summed E-state index contributed by atoms with van der Waals surface area (Å²) in [5.41, 5.74) is 3.84. The predicted molar refractivity (Wildman–Crippen MR) is 196 cm³/mol. The summed E-state index contributed by atoms with van der Waals surface area (Å²) in [7, 11) is 2.16. The van der Waals surface area contributed by atoms with Crippen molar-refractivity contribution in [3.05, 3.63) is 65.2 Å². The van der Waals surface area contributed by atoms with Gasteiger partial charge in [-0.2, -0.15) is 0 Å². The normalized spacial score (nSPS) is 16.6. The number of pyridine rings is 2. The van der Waals surface area contributed by atoms with Crippen LogP contribution in [0.1, 0.15) is 71.1 Å². The SMILES string of the molecule is Cc1c(-c2cc3cc(Nc4ccc5c(c4)CN(C)CC54CC4)ncc3c(NC(=O)OC(C)(C)C)c2F)cnc2c1N(C(=O)OC(C)(C)C)CCO2. The molecule has 0 saturated heterocycles. The molecular weight excluding hydrogens is 651 g/mol. The third kappa shape index (κ3) is 6.89. The van der Waals surface area contributed by atoms with Crippen molar-refractivity contribution in [2.24, 2.45) is 0 Å². The van der Waals surface area contributed by atoms with Crippen molar-refractivity contribution in [2.75, 3.05) is 42.3 Å². The predicted octanol–water partition coefficient (Wildman–Crippen LogP) is 8.45. The molecule has 2 N–H and O–H groups in total. The summed E-state index contributed by atoms with van der Waals surface area (Å²) in [6.45, 7) is 14.8. The first-order valence-corrected chi connectivity index (χ1v) is 17.3. The molecule has 12 heteroatoms. The van der Waals surface area contributed by atoms with Gasteiger partial charge in [0, 0.05) is 53.1 Å². The molecule has 0 atom stereocenters. The van der Waals surface area contributed by atoms with Gasteiger partial charge in [-0.25, -0.2) is 23.9 Å². The number of likely N-dealkylation sites (N-methyl/N-ethyl adjacent to an activating group) is 1. The van der Waals surface area contributed by atoms with Crippen LogP contribution in [0.2, 0.25) is 0 Å². The molecule has 51 heavy (non-hydrogen) atoms. The van der Waals surface area contributed by atoms with Gasteiger partial charge in [0.05, 0.1) is 12.2 Å². The number of hydrogen-bond donors (Lipinski definition) is 2. The fourth-order valence-electron chi connectivity index (χ4n) is 7.17. The average Bonchev–Trinajstić information content (AvgIpc) is 3.79. The van der Waals surface area contributed by atoms with Gasteiger partial charge in [0.1, 0.15) is 29.3 Å². The molecule has 0 bridgehead atoms. The van der Waals surface area contributed by atoms with Gasteiger partial charge < -0.3 is 24.4 Å². The number of carbonyl (C=O) groups excluding carboxylic acids is 2. The zero-order chi connectivity index (χ0) is 36.5. The van der Waals surface area contributed by atoms with E-state index in [9.17, 15) is 9.59 Å². The van der Waals surface area contributed by atoms with Crippen LogP contribution in [0.3, 0.4) is 0 Å². The van der Waals surface area contributed by atoms with Crippen molar-refractivity contribution in [1.82, 2.24) is 14.9 Å². The van der Waals surface area contributed by atoms with E-state index < -0.39 is 29.2 Å². The number of ether oxygens (including phenoxy) is 3. The van der Waals surface area contributed by atoms with Crippen LogP contribution in [0, 0.1) is 12.7 Å². The molecule has 1 fully saturated rings. The molecule has 7 rings (SSSR count). The first kappa shape index (κ1) is 34.5. The van der Waals surface area contributed by atoms with Gasteiger partial charge in [0.25, 0.3) is 0 Å². The minimum Gasteiger partial charge on any atom is -0.474 e. The highest BCUT2D eigenvalue weighted by Gasteiger charge is 2.48. The summed E-state index contributed by atoms with van der Waals surface area (Å²) >= 11 is 0. The molecule has 1 aliphatic carbocycles. The van der Waals surface area contributed by atoms with Gasteiger partial charge in [-0.3, -0.25) is 10.2 Å². The number of rotatable bonds is 4. The number of anilines is 4. The lowest BCUT2D eigenvalue weighted by atomic mass is 9.87. The molecule has 11 nitrogen and oxygen atoms in total. The standard InChI is InChI=1S/C39H45FN6O5/c1-22-27(18-42-34-33(22)46(13-14-49-34)36(48)51-38(5,6)7)26-16-23-17-30(41-19-28(23)32(31(26)40)44-35(47)50-37(2,3)4)43-25-9-10-29-24(15-25)20-45(8)21-39(29)11-12-39/h9-10,15-19H,11-14,20-21H2,1-8H3,(H,41,43)(H,44,47). The number of hydrogen-bond acceptors (Lipinski definition) is 9. The second kappa shape index (κ2) is 12.4. The van der Waals surface area contributed by atoms with Crippen molar-refractivity contribution >= 4 is 45.8 Å². The van der Waals surface area contributed by atoms with Crippen molar-refractivity contribution in [2.45, 2.75) is 84.5 Å². The van der Waals surface area contributed by atoms with E-state index in [1.54, 1.807) is 60.7 Å². The van der Waals surface area contributed by atoms with Crippen LogP contribution in [-0.2, 0) is 21.4 Å². The lowest BCUT2D eigenvalue weighted by molar-refractivity contribution is 0.0565. The number of nitrogens with one attached hydrogen (secondary N) is 2. The molecular formula is C39H45FN6O5. The Morgan fingerprint density at radius 1 is 0.980 bits per heavy atom. The van der Waals surface area contributed by atoms with Gasteiger partial charge in [-0.05, 0) is 115 Å². The number of nitrogens with zero attached hydrogens (tertiary/aromatic N) is 4. The highest BCUT2D eigenvalue weighted by Crippen LogP contribution is 2.52. The zero-order valence-corrected chi connectivity index (χ0v) is 30.5. The maximum Gasteiger partial charge on any atom is 0.415 e. The molecule has 2 aromatic carbocycles. The third-order valence-corrected chi connectivity index (χ3v) is 9.40. The van der Waals surface area contributed by atoms with E-state index in [1.807, 2.05) is 6.07 Å². The van der Waals surface area contributed by atoms with E-state index >= 15 is 4.39 Å². The van der Waals surface area contributed by atoms with Crippen LogP contribution in [0.15, 0.2) is 42.7 Å². The summed E-state index contributed by atoms with van der Waals surface area (Å²) in [5.74, 6) is 0.105. The zero-order valence-electron chi connectivity index (χ0n) is 30.5. The number of amides is 2. The molecule has 268 valence electrons. The van der Waals surface area contributed by atoms with Gasteiger partial charge in [-0.1, -0.05) is 6.07 Å². The van der Waals surface area contributed by atoms with Crippen molar-refractivity contribution in [1.29, 1.82) is 0 Å². The first-order chi connectivity index (χ1) is 24.0. The van der Waals surface area contributed by atoms with E-state index in [-0.39, 0.29) is 35.7 Å². The first-order valence-electron chi connectivity index (χ1n) is 17.3. The number of carbonyl (C=O) groups is 2. The molecule has 3 aliphatic rings. The van der Waals surface area contributed by atoms with Crippen LogP contribution < -0.4 is 20.3 Å². The fraction of sp³-hybridized carbons (Fsp3) is 0.436. The van der Waals surface area contributed by atoms with Gasteiger partial charge in [0.15, 0.2) is 5.82 Å². The van der Waals surface area contributed by atoms with E-state index in [0.717, 1.165) is 18.8 Å². The van der Waals surface area contributed by atoms with Crippen molar-refractivity contribution in [3.8, 4) is 17.0 Å². The third-order valence-electron chi connectivity index (χ3n) is 9.40. The van der Waals surface area contributed by atoms with E-state index in [1.165, 1.54) is 35.1 Å². The summed E-state index contributed by atoms with van der Waals surface area (Å²) in [5, 5.41) is 7.08. The minimum atomic E-state index is -0.809. The Hall–Kier alpha value is -4.97. The van der Waals surface area contributed by atoms with Crippen LogP contribution in [-0.4, -0.2) is 65.0 Å². The van der Waals surface area contributed by atoms with Crippen LogP contribution in [0.5, 0.6) is 5.88 Å². The molecule has 0 radical (unpaired) electrons. The molecule has 2 aliphatic heterocycles. The van der Waals surface area contributed by atoms with Crippen molar-refractivity contribution < 1.29 is 28.2 Å². The van der Waals surface area contributed by atoms with Gasteiger partial charge in [0.2, 0.25) is 5.88 Å². The summed E-state index contributed by atoms with van der Waals surface area (Å²) in [6.07, 6.45) is 4.13. The Balaban J connectivity index is 1.31. The Kier molecular flexibility index (Phi) is 8.36. The van der Waals surface area contributed by atoms with Crippen LogP contribution in [0.4, 0.5) is 36.9 Å². The highest BCUT2D eigenvalue weighted by atomic mass is 19.1. The van der Waals surface area contributed by atoms with Gasteiger partial charge in [-0.15, -0.1) is 0 Å². The molecule has 1 spiro atoms. The minimum absolute atomic E-state index is 0.0836. The van der Waals surface area contributed by atoms with Crippen molar-refractivity contribution in [3.63, 3.8) is 0 Å².